The molecule has 7 heteroatoms. The van der Waals surface area contributed by atoms with Gasteiger partial charge in [0.25, 0.3) is 0 Å². The molecule has 1 aliphatic heterocycles. The van der Waals surface area contributed by atoms with Gasteiger partial charge in [0.1, 0.15) is 11.9 Å². The largest absolute Gasteiger partial charge is 0.367 e. The fraction of sp³-hybridized carbons (Fsp3) is 0.619. The lowest BCUT2D eigenvalue weighted by Crippen LogP contribution is -2.50. The van der Waals surface area contributed by atoms with Crippen LogP contribution in [0.25, 0.3) is 0 Å². The summed E-state index contributed by atoms with van der Waals surface area (Å²) in [5, 5.41) is 6.35. The van der Waals surface area contributed by atoms with Crippen LogP contribution in [0, 0.1) is 5.82 Å². The van der Waals surface area contributed by atoms with Gasteiger partial charge in [0.2, 0.25) is 5.91 Å². The number of aliphatic imine (C=N–C) groups is 1. The Hall–Kier alpha value is -2.15. The second-order valence-electron chi connectivity index (χ2n) is 7.57. The lowest BCUT2D eigenvalue weighted by Gasteiger charge is -2.38. The van der Waals surface area contributed by atoms with Crippen molar-refractivity contribution in [1.29, 1.82) is 0 Å². The number of hydrogen-bond donors (Lipinski definition) is 2. The number of morpholine rings is 1. The van der Waals surface area contributed by atoms with Crippen LogP contribution in [-0.2, 0) is 9.53 Å². The van der Waals surface area contributed by atoms with Gasteiger partial charge in [-0.15, -0.1) is 0 Å². The Labute approximate surface area is 166 Å². The number of carbonyl (C=O) groups excluding carboxylic acids is 1. The van der Waals surface area contributed by atoms with E-state index in [0.717, 1.165) is 43.9 Å². The molecule has 2 N–H and O–H groups in total. The van der Waals surface area contributed by atoms with Crippen molar-refractivity contribution in [2.24, 2.45) is 4.99 Å². The second-order valence-corrected chi connectivity index (χ2v) is 7.57. The van der Waals surface area contributed by atoms with Crippen LogP contribution in [0.4, 0.5) is 4.39 Å². The molecule has 1 saturated heterocycles. The molecule has 1 amide bonds. The van der Waals surface area contributed by atoms with Gasteiger partial charge in [0.05, 0.1) is 12.6 Å². The van der Waals surface area contributed by atoms with Gasteiger partial charge in [-0.25, -0.2) is 4.39 Å². The third-order valence-electron chi connectivity index (χ3n) is 4.90. The molecule has 1 aromatic rings. The van der Waals surface area contributed by atoms with Crippen molar-refractivity contribution in [3.05, 3.63) is 35.6 Å². The van der Waals surface area contributed by atoms with Gasteiger partial charge in [-0.1, -0.05) is 12.1 Å². The van der Waals surface area contributed by atoms with Gasteiger partial charge in [0, 0.05) is 32.1 Å². The molecular weight excluding hydrogens is 359 g/mol. The van der Waals surface area contributed by atoms with Crippen LogP contribution in [-0.4, -0.2) is 55.1 Å². The zero-order valence-electron chi connectivity index (χ0n) is 16.8. The highest BCUT2D eigenvalue weighted by Gasteiger charge is 2.28. The van der Waals surface area contributed by atoms with E-state index in [1.54, 1.807) is 12.1 Å². The number of hydrogen-bond acceptors (Lipinski definition) is 3. The van der Waals surface area contributed by atoms with Crippen LogP contribution >= 0.6 is 0 Å². The molecular formula is C21H31FN4O2. The Morgan fingerprint density at radius 1 is 1.29 bits per heavy atom. The SMILES string of the molecule is CCNC(=NCCCC(=O)NC1CC1)N1CC(C)OC(c2ccc(F)cc2)C1. The first-order chi connectivity index (χ1) is 13.5. The number of guanidine groups is 1. The quantitative estimate of drug-likeness (QED) is 0.427. The summed E-state index contributed by atoms with van der Waals surface area (Å²) in [7, 11) is 0. The van der Waals surface area contributed by atoms with Gasteiger partial charge < -0.3 is 20.3 Å². The van der Waals surface area contributed by atoms with E-state index in [1.807, 2.05) is 13.8 Å². The van der Waals surface area contributed by atoms with E-state index in [1.165, 1.54) is 12.1 Å². The van der Waals surface area contributed by atoms with Gasteiger partial charge in [-0.05, 0) is 50.8 Å². The molecule has 1 heterocycles. The van der Waals surface area contributed by atoms with Crippen molar-refractivity contribution >= 4 is 11.9 Å². The van der Waals surface area contributed by atoms with E-state index in [2.05, 4.69) is 15.5 Å². The lowest BCUT2D eigenvalue weighted by molar-refractivity contribution is -0.121. The number of carbonyl (C=O) groups is 1. The maximum absolute atomic E-state index is 13.2. The summed E-state index contributed by atoms with van der Waals surface area (Å²) in [4.78, 5) is 18.7. The maximum Gasteiger partial charge on any atom is 0.220 e. The van der Waals surface area contributed by atoms with Gasteiger partial charge in [0.15, 0.2) is 5.96 Å². The van der Waals surface area contributed by atoms with E-state index in [0.29, 0.717) is 25.6 Å². The smallest absolute Gasteiger partial charge is 0.220 e. The standard InChI is InChI=1S/C21H31FN4O2/c1-3-23-21(24-12-4-5-20(27)25-18-10-11-18)26-13-15(2)28-19(14-26)16-6-8-17(22)9-7-16/h6-9,15,18-19H,3-5,10-14H2,1-2H3,(H,23,24)(H,25,27). The summed E-state index contributed by atoms with van der Waals surface area (Å²) in [5.41, 5.74) is 0.963. The zero-order valence-corrected chi connectivity index (χ0v) is 16.8. The molecule has 28 heavy (non-hydrogen) atoms. The fourth-order valence-electron chi connectivity index (χ4n) is 3.36. The molecule has 3 rings (SSSR count). The van der Waals surface area contributed by atoms with Crippen LogP contribution in [0.3, 0.4) is 0 Å². The van der Waals surface area contributed by atoms with Crippen molar-refractivity contribution < 1.29 is 13.9 Å². The summed E-state index contributed by atoms with van der Waals surface area (Å²) >= 11 is 0. The normalized spacial score (nSPS) is 22.8. The van der Waals surface area contributed by atoms with E-state index in [9.17, 15) is 9.18 Å². The second kappa shape index (κ2) is 9.87. The number of halogens is 1. The number of ether oxygens (including phenoxy) is 1. The number of nitrogens with zero attached hydrogens (tertiary/aromatic N) is 2. The van der Waals surface area contributed by atoms with Gasteiger partial charge >= 0.3 is 0 Å². The first-order valence-corrected chi connectivity index (χ1v) is 10.3. The molecule has 0 aromatic heterocycles. The summed E-state index contributed by atoms with van der Waals surface area (Å²) in [6, 6.07) is 6.90. The molecule has 0 spiro atoms. The summed E-state index contributed by atoms with van der Waals surface area (Å²) < 4.78 is 19.3. The Balaban J connectivity index is 1.57. The molecule has 1 saturated carbocycles. The van der Waals surface area contributed by atoms with Crippen molar-refractivity contribution in [2.45, 2.75) is 57.8 Å². The van der Waals surface area contributed by atoms with Crippen molar-refractivity contribution in [3.63, 3.8) is 0 Å². The first kappa shape index (κ1) is 20.6. The van der Waals surface area contributed by atoms with Crippen LogP contribution in [0.5, 0.6) is 0 Å². The molecule has 2 atom stereocenters. The highest BCUT2D eigenvalue weighted by molar-refractivity contribution is 5.80. The average Bonchev–Trinajstić information content (AvgIpc) is 3.48. The molecule has 1 aromatic carbocycles. The van der Waals surface area contributed by atoms with E-state index in [-0.39, 0.29) is 23.9 Å². The van der Waals surface area contributed by atoms with E-state index in [4.69, 9.17) is 9.73 Å². The van der Waals surface area contributed by atoms with E-state index >= 15 is 0 Å². The Morgan fingerprint density at radius 2 is 2.04 bits per heavy atom. The predicted molar refractivity (Wildman–Crippen MR) is 108 cm³/mol. The molecule has 0 radical (unpaired) electrons. The van der Waals surface area contributed by atoms with Crippen LogP contribution < -0.4 is 10.6 Å². The minimum absolute atomic E-state index is 0.0389. The Bertz CT molecular complexity index is 675. The predicted octanol–water partition coefficient (Wildman–Crippen LogP) is 2.61. The first-order valence-electron chi connectivity index (χ1n) is 10.3. The van der Waals surface area contributed by atoms with Crippen LogP contribution in [0.1, 0.15) is 51.2 Å². The Kier molecular flexibility index (Phi) is 7.25. The summed E-state index contributed by atoms with van der Waals surface area (Å²) in [6.45, 7) is 6.85. The Morgan fingerprint density at radius 3 is 2.71 bits per heavy atom. The average molecular weight is 391 g/mol. The summed E-state index contributed by atoms with van der Waals surface area (Å²) in [5.74, 6) is 0.719. The number of benzene rings is 1. The highest BCUT2D eigenvalue weighted by atomic mass is 19.1. The lowest BCUT2D eigenvalue weighted by atomic mass is 10.1. The molecule has 6 nitrogen and oxygen atoms in total. The van der Waals surface area contributed by atoms with Crippen LogP contribution in [0.2, 0.25) is 0 Å². The van der Waals surface area contributed by atoms with Crippen molar-refractivity contribution in [1.82, 2.24) is 15.5 Å². The minimum atomic E-state index is -0.245. The molecule has 2 aliphatic rings. The number of rotatable bonds is 7. The van der Waals surface area contributed by atoms with E-state index < -0.39 is 0 Å². The third kappa shape index (κ3) is 6.19. The molecule has 0 bridgehead atoms. The third-order valence-corrected chi connectivity index (χ3v) is 4.90. The fourth-order valence-corrected chi connectivity index (χ4v) is 3.36. The van der Waals surface area contributed by atoms with Crippen molar-refractivity contribution in [3.8, 4) is 0 Å². The highest BCUT2D eigenvalue weighted by Crippen LogP contribution is 2.25. The minimum Gasteiger partial charge on any atom is -0.367 e. The van der Waals surface area contributed by atoms with Gasteiger partial charge in [-0.3, -0.25) is 9.79 Å². The topological polar surface area (TPSA) is 66.0 Å². The van der Waals surface area contributed by atoms with Crippen molar-refractivity contribution in [2.75, 3.05) is 26.2 Å². The molecule has 2 unspecified atom stereocenters. The molecule has 154 valence electrons. The maximum atomic E-state index is 13.2. The molecule has 1 aliphatic carbocycles. The van der Waals surface area contributed by atoms with Crippen LogP contribution in [0.15, 0.2) is 29.3 Å². The monoisotopic (exact) mass is 390 g/mol. The number of nitrogens with one attached hydrogen (secondary N) is 2. The molecule has 2 fully saturated rings. The number of amides is 1. The van der Waals surface area contributed by atoms with Gasteiger partial charge in [-0.2, -0.15) is 0 Å². The summed E-state index contributed by atoms with van der Waals surface area (Å²) in [6.07, 6.45) is 3.37. The zero-order chi connectivity index (χ0) is 19.9.